The third-order valence-corrected chi connectivity index (χ3v) is 15.0. The van der Waals surface area contributed by atoms with Gasteiger partial charge in [-0.1, -0.05) is 330 Å². The Kier molecular flexibility index (Phi) is 56.4. The maximum atomic E-state index is 12.9. The molecule has 0 aromatic heterocycles. The third kappa shape index (κ3) is 59.2. The summed E-state index contributed by atoms with van der Waals surface area (Å²) in [5.74, 6) is 0.868. The fourth-order valence-electron chi connectivity index (χ4n) is 10.1. The number of ether oxygens (including phenoxy) is 3. The van der Waals surface area contributed by atoms with E-state index < -0.39 is 6.10 Å². The SMILES string of the molecule is CCCCCCCCCCCCCCCCCCC(=O)O[C@H](COC(=O)CCCCCCCCCCCCCCCCCCCCC(C)C)COC(=O)CCCCCCCCCCCCCCCC(C)C. The van der Waals surface area contributed by atoms with Crippen LogP contribution in [0.1, 0.15) is 369 Å². The first-order chi connectivity index (χ1) is 34.7. The van der Waals surface area contributed by atoms with Crippen LogP contribution in [-0.2, 0) is 28.6 Å². The van der Waals surface area contributed by atoms with Gasteiger partial charge in [-0.3, -0.25) is 14.4 Å². The van der Waals surface area contributed by atoms with Crippen molar-refractivity contribution in [2.45, 2.75) is 375 Å². The number of carbonyl (C=O) groups excluding carboxylic acids is 3. The standard InChI is InChI=1S/C65H126O6/c1-6-7-8-9-10-11-12-13-14-20-26-32-37-42-47-52-57-65(68)71-62(59-70-64(67)56-51-46-41-36-31-27-22-24-29-34-39-44-49-54-61(4)5)58-69-63(66)55-50-45-40-35-30-25-21-18-16-15-17-19-23-28-33-38-43-48-53-60(2)3/h60-62H,6-59H2,1-5H3/t62-/m1/s1. The molecule has 6 heteroatoms. The van der Waals surface area contributed by atoms with Crippen molar-refractivity contribution in [3.05, 3.63) is 0 Å². The number of rotatable bonds is 59. The minimum Gasteiger partial charge on any atom is -0.462 e. The summed E-state index contributed by atoms with van der Waals surface area (Å²) in [6, 6.07) is 0. The minimum absolute atomic E-state index is 0.0617. The Hall–Kier alpha value is -1.59. The average Bonchev–Trinajstić information content (AvgIpc) is 3.35. The Morgan fingerprint density at radius 3 is 0.690 bits per heavy atom. The van der Waals surface area contributed by atoms with E-state index in [1.54, 1.807) is 0 Å². The minimum atomic E-state index is -0.763. The highest BCUT2D eigenvalue weighted by Crippen LogP contribution is 2.19. The largest absolute Gasteiger partial charge is 0.462 e. The maximum Gasteiger partial charge on any atom is 0.306 e. The van der Waals surface area contributed by atoms with Gasteiger partial charge in [0.05, 0.1) is 0 Å². The summed E-state index contributed by atoms with van der Waals surface area (Å²) in [7, 11) is 0. The van der Waals surface area contributed by atoms with Crippen molar-refractivity contribution in [1.82, 2.24) is 0 Å². The molecule has 422 valence electrons. The molecule has 0 N–H and O–H groups in total. The molecular weight excluding hydrogens is 877 g/mol. The van der Waals surface area contributed by atoms with Crippen LogP contribution in [0.4, 0.5) is 0 Å². The van der Waals surface area contributed by atoms with Crippen LogP contribution in [0.5, 0.6) is 0 Å². The van der Waals surface area contributed by atoms with Gasteiger partial charge in [0.15, 0.2) is 6.10 Å². The molecule has 0 aromatic rings. The number of hydrogen-bond acceptors (Lipinski definition) is 6. The van der Waals surface area contributed by atoms with Crippen molar-refractivity contribution in [1.29, 1.82) is 0 Å². The molecule has 0 saturated heterocycles. The molecule has 0 unspecified atom stereocenters. The first-order valence-corrected chi connectivity index (χ1v) is 32.2. The Morgan fingerprint density at radius 2 is 0.465 bits per heavy atom. The second kappa shape index (κ2) is 57.7. The van der Waals surface area contributed by atoms with E-state index >= 15 is 0 Å². The number of carbonyl (C=O) groups is 3. The van der Waals surface area contributed by atoms with Crippen LogP contribution in [0.2, 0.25) is 0 Å². The van der Waals surface area contributed by atoms with Gasteiger partial charge in [-0.25, -0.2) is 0 Å². The highest BCUT2D eigenvalue weighted by Gasteiger charge is 2.19. The zero-order chi connectivity index (χ0) is 51.8. The predicted octanol–water partition coefficient (Wildman–Crippen LogP) is 21.6. The molecule has 0 aromatic carbocycles. The van der Waals surface area contributed by atoms with Gasteiger partial charge in [0.2, 0.25) is 0 Å². The van der Waals surface area contributed by atoms with Crippen LogP contribution in [-0.4, -0.2) is 37.2 Å². The van der Waals surface area contributed by atoms with E-state index in [0.29, 0.717) is 19.3 Å². The van der Waals surface area contributed by atoms with Gasteiger partial charge < -0.3 is 14.2 Å². The van der Waals surface area contributed by atoms with Gasteiger partial charge >= 0.3 is 17.9 Å². The second-order valence-corrected chi connectivity index (χ2v) is 23.4. The Morgan fingerprint density at radius 1 is 0.268 bits per heavy atom. The van der Waals surface area contributed by atoms with Gasteiger partial charge in [-0.05, 0) is 31.1 Å². The zero-order valence-corrected chi connectivity index (χ0v) is 48.9. The molecule has 0 saturated carbocycles. The summed E-state index contributed by atoms with van der Waals surface area (Å²) in [4.78, 5) is 38.3. The Labute approximate surface area is 444 Å². The van der Waals surface area contributed by atoms with Crippen LogP contribution in [0.25, 0.3) is 0 Å². The molecule has 0 bridgehead atoms. The fraction of sp³-hybridized carbons (Fsp3) is 0.954. The molecule has 0 heterocycles. The first-order valence-electron chi connectivity index (χ1n) is 32.2. The quantitative estimate of drug-likeness (QED) is 0.0343. The molecule has 0 aliphatic carbocycles. The van der Waals surface area contributed by atoms with Gasteiger partial charge in [-0.2, -0.15) is 0 Å². The molecule has 0 aliphatic rings. The first kappa shape index (κ1) is 69.4. The van der Waals surface area contributed by atoms with Gasteiger partial charge in [0.1, 0.15) is 13.2 Å². The molecule has 0 rings (SSSR count). The third-order valence-electron chi connectivity index (χ3n) is 15.0. The molecule has 0 fully saturated rings. The van der Waals surface area contributed by atoms with Crippen molar-refractivity contribution >= 4 is 17.9 Å². The summed E-state index contributed by atoms with van der Waals surface area (Å²) in [5.41, 5.74) is 0. The van der Waals surface area contributed by atoms with Crippen LogP contribution < -0.4 is 0 Å². The molecule has 6 nitrogen and oxygen atoms in total. The van der Waals surface area contributed by atoms with Gasteiger partial charge in [0, 0.05) is 19.3 Å². The Bertz CT molecular complexity index is 1090. The molecule has 0 spiro atoms. The zero-order valence-electron chi connectivity index (χ0n) is 48.9. The lowest BCUT2D eigenvalue weighted by atomic mass is 10.0. The van der Waals surface area contributed by atoms with Crippen molar-refractivity contribution in [3.8, 4) is 0 Å². The van der Waals surface area contributed by atoms with Crippen LogP contribution >= 0.6 is 0 Å². The van der Waals surface area contributed by atoms with Crippen molar-refractivity contribution in [2.24, 2.45) is 11.8 Å². The number of hydrogen-bond donors (Lipinski definition) is 0. The van der Waals surface area contributed by atoms with Gasteiger partial charge in [0.25, 0.3) is 0 Å². The van der Waals surface area contributed by atoms with Crippen LogP contribution in [0.3, 0.4) is 0 Å². The van der Waals surface area contributed by atoms with E-state index in [0.717, 1.165) is 69.6 Å². The van der Waals surface area contributed by atoms with Crippen LogP contribution in [0, 0.1) is 11.8 Å². The molecule has 0 radical (unpaired) electrons. The highest BCUT2D eigenvalue weighted by molar-refractivity contribution is 5.71. The Balaban J connectivity index is 4.26. The molecule has 0 amide bonds. The maximum absolute atomic E-state index is 12.9. The second-order valence-electron chi connectivity index (χ2n) is 23.4. The fourth-order valence-corrected chi connectivity index (χ4v) is 10.1. The van der Waals surface area contributed by atoms with E-state index in [9.17, 15) is 14.4 Å². The number of unbranched alkanes of at least 4 members (excludes halogenated alkanes) is 44. The summed E-state index contributed by atoms with van der Waals surface area (Å²) >= 11 is 0. The number of esters is 3. The lowest BCUT2D eigenvalue weighted by molar-refractivity contribution is -0.167. The highest BCUT2D eigenvalue weighted by atomic mass is 16.6. The summed E-state index contributed by atoms with van der Waals surface area (Å²) in [6.07, 6.45) is 63.9. The van der Waals surface area contributed by atoms with E-state index in [4.69, 9.17) is 14.2 Å². The summed E-state index contributed by atoms with van der Waals surface area (Å²) in [5, 5.41) is 0. The van der Waals surface area contributed by atoms with Crippen molar-refractivity contribution in [2.75, 3.05) is 13.2 Å². The predicted molar refractivity (Wildman–Crippen MR) is 307 cm³/mol. The summed E-state index contributed by atoms with van der Waals surface area (Å²) in [6.45, 7) is 11.5. The topological polar surface area (TPSA) is 78.9 Å². The molecule has 0 aliphatic heterocycles. The van der Waals surface area contributed by atoms with Crippen molar-refractivity contribution < 1.29 is 28.6 Å². The van der Waals surface area contributed by atoms with E-state index in [1.807, 2.05) is 0 Å². The normalized spacial score (nSPS) is 12.0. The van der Waals surface area contributed by atoms with Gasteiger partial charge in [-0.15, -0.1) is 0 Å². The van der Waals surface area contributed by atoms with Crippen LogP contribution in [0.15, 0.2) is 0 Å². The smallest absolute Gasteiger partial charge is 0.306 e. The monoisotopic (exact) mass is 1000 g/mol. The molecule has 1 atom stereocenters. The van der Waals surface area contributed by atoms with Crippen molar-refractivity contribution in [3.63, 3.8) is 0 Å². The summed E-state index contributed by atoms with van der Waals surface area (Å²) < 4.78 is 17.0. The van der Waals surface area contributed by atoms with E-state index in [2.05, 4.69) is 34.6 Å². The molecular formula is C65H126O6. The lowest BCUT2D eigenvalue weighted by Gasteiger charge is -2.18. The molecule has 71 heavy (non-hydrogen) atoms. The lowest BCUT2D eigenvalue weighted by Crippen LogP contribution is -2.30. The van der Waals surface area contributed by atoms with E-state index in [-0.39, 0.29) is 31.1 Å². The average molecular weight is 1000 g/mol. The van der Waals surface area contributed by atoms with E-state index in [1.165, 1.54) is 257 Å².